The van der Waals surface area contributed by atoms with Crippen LogP contribution in [0.3, 0.4) is 0 Å². The van der Waals surface area contributed by atoms with Gasteiger partial charge in [-0.1, -0.05) is 0 Å². The van der Waals surface area contributed by atoms with Gasteiger partial charge in [0, 0.05) is 0 Å². The number of hydrogen-bond acceptors (Lipinski definition) is 1. The van der Waals surface area contributed by atoms with Gasteiger partial charge >= 0.3 is 135 Å². The fourth-order valence-electron chi connectivity index (χ4n) is 2.58. The van der Waals surface area contributed by atoms with E-state index in [-0.39, 0.29) is 5.54 Å². The molecular weight excluding hydrogens is 393 g/mol. The standard InChI is InChI=1S/C9H6Br.C4H10N.C2H7Si.Zr/c10-9-6-5-7-3-1-2-4-8(7)9;1-4(2,3)5;1-3-2;/h1-6H;5H,1-3H3;3H,1-2H3;/q;-1;;+1. The fraction of sp³-hybridized carbons (Fsp3) is 0.467. The van der Waals surface area contributed by atoms with Crippen molar-refractivity contribution in [3.63, 3.8) is 0 Å². The number of hydrogen-bond donors (Lipinski definition) is 1. The summed E-state index contributed by atoms with van der Waals surface area (Å²) in [7, 11) is 0. The Bertz CT molecular complexity index is 493. The summed E-state index contributed by atoms with van der Waals surface area (Å²) >= 11 is 2.12. The molecule has 1 N–H and O–H groups in total. The molecule has 1 aliphatic carbocycles. The molecule has 1 unspecified atom stereocenters. The summed E-state index contributed by atoms with van der Waals surface area (Å²) < 4.78 is 6.06. The molecule has 0 aliphatic heterocycles. The van der Waals surface area contributed by atoms with E-state index in [1.165, 1.54) is 10.0 Å². The van der Waals surface area contributed by atoms with E-state index in [9.17, 15) is 0 Å². The van der Waals surface area contributed by atoms with Crippen LogP contribution in [0.15, 0.2) is 30.3 Å². The molecule has 1 atom stereocenters. The van der Waals surface area contributed by atoms with Crippen molar-refractivity contribution in [3.05, 3.63) is 41.5 Å². The zero-order valence-corrected chi connectivity index (χ0v) is 17.6. The molecule has 0 aromatic heterocycles. The number of fused-ring (bicyclic) bond motifs is 1. The van der Waals surface area contributed by atoms with Gasteiger partial charge in [0.2, 0.25) is 0 Å². The summed E-state index contributed by atoms with van der Waals surface area (Å²) in [6, 6.07) is 8.90. The van der Waals surface area contributed by atoms with Gasteiger partial charge in [0.1, 0.15) is 0 Å². The van der Waals surface area contributed by atoms with Crippen molar-refractivity contribution in [2.24, 2.45) is 0 Å². The average molecular weight is 417 g/mol. The van der Waals surface area contributed by atoms with Crippen LogP contribution >= 0.6 is 15.9 Å². The normalized spacial score (nSPS) is 18.5. The van der Waals surface area contributed by atoms with Crippen LogP contribution in [0.25, 0.3) is 4.48 Å². The van der Waals surface area contributed by atoms with Crippen LogP contribution in [-0.2, 0) is 21.2 Å². The Balaban J connectivity index is 2.35. The quantitative estimate of drug-likeness (QED) is 0.721. The van der Waals surface area contributed by atoms with Crippen LogP contribution in [0, 0.1) is 0 Å². The van der Waals surface area contributed by atoms with Crippen LogP contribution < -0.4 is 3.26 Å². The zero-order chi connectivity index (χ0) is 14.2. The number of benzene rings is 1. The Morgan fingerprint density at radius 2 is 1.84 bits per heavy atom. The SMILES string of the molecule is C[SiH](C)[Zr]([NH]C(C)(C)C)[CH]1C=C(Br)c2ccccc21. The molecule has 0 saturated heterocycles. The average Bonchev–Trinajstić information content (AvgIpc) is 2.63. The molecule has 0 spiro atoms. The van der Waals surface area contributed by atoms with E-state index in [4.69, 9.17) is 0 Å². The molecule has 4 heteroatoms. The monoisotopic (exact) mass is 414 g/mol. The summed E-state index contributed by atoms with van der Waals surface area (Å²) in [5.41, 5.74) is 3.22. The van der Waals surface area contributed by atoms with Gasteiger partial charge in [0.15, 0.2) is 0 Å². The van der Waals surface area contributed by atoms with Crippen molar-refractivity contribution in [2.45, 2.75) is 43.0 Å². The molecule has 1 aliphatic rings. The van der Waals surface area contributed by atoms with Gasteiger partial charge < -0.3 is 0 Å². The summed E-state index contributed by atoms with van der Waals surface area (Å²) in [5.74, 6) is -0.604. The Morgan fingerprint density at radius 3 is 2.42 bits per heavy atom. The molecule has 0 amide bonds. The second-order valence-electron chi connectivity index (χ2n) is 6.56. The second kappa shape index (κ2) is 6.09. The molecule has 1 aromatic rings. The summed E-state index contributed by atoms with van der Waals surface area (Å²) in [6.07, 6.45) is 2.48. The number of halogens is 1. The molecule has 2 rings (SSSR count). The van der Waals surface area contributed by atoms with E-state index >= 15 is 0 Å². The Labute approximate surface area is 134 Å². The van der Waals surface area contributed by atoms with Crippen LogP contribution in [-0.4, -0.2) is 11.5 Å². The first kappa shape index (κ1) is 15.9. The third-order valence-corrected chi connectivity index (χ3v) is 22.8. The first-order chi connectivity index (χ1) is 8.79. The van der Waals surface area contributed by atoms with E-state index in [1.54, 1.807) is 5.56 Å². The molecule has 0 heterocycles. The molecule has 1 nitrogen and oxygen atoms in total. The van der Waals surface area contributed by atoms with Gasteiger partial charge in [0.25, 0.3) is 0 Å². The topological polar surface area (TPSA) is 12.0 Å². The summed E-state index contributed by atoms with van der Waals surface area (Å²) in [5, 5.41) is 0. The minimum absolute atomic E-state index is 0.254. The van der Waals surface area contributed by atoms with Crippen molar-refractivity contribution in [2.75, 3.05) is 0 Å². The van der Waals surface area contributed by atoms with Crippen LogP contribution in [0.1, 0.15) is 35.5 Å². The Morgan fingerprint density at radius 1 is 1.21 bits per heavy atom. The molecule has 0 radical (unpaired) electrons. The van der Waals surface area contributed by atoms with E-state index < -0.39 is 27.1 Å². The maximum absolute atomic E-state index is 4.05. The van der Waals surface area contributed by atoms with Crippen molar-refractivity contribution in [1.29, 1.82) is 0 Å². The second-order valence-corrected chi connectivity index (χ2v) is 26.3. The predicted octanol–water partition coefficient (Wildman–Crippen LogP) is 4.38. The van der Waals surface area contributed by atoms with Gasteiger partial charge in [0.05, 0.1) is 0 Å². The van der Waals surface area contributed by atoms with Crippen molar-refractivity contribution in [3.8, 4) is 0 Å². The molecule has 1 aromatic carbocycles. The van der Waals surface area contributed by atoms with E-state index in [2.05, 4.69) is 83.4 Å². The van der Waals surface area contributed by atoms with Crippen molar-refractivity contribution < 1.29 is 21.2 Å². The molecule has 103 valence electrons. The van der Waals surface area contributed by atoms with E-state index in [0.717, 1.165) is 0 Å². The number of rotatable bonds is 3. The third kappa shape index (κ3) is 3.78. The first-order valence-corrected chi connectivity index (χ1v) is 17.5. The predicted molar refractivity (Wildman–Crippen MR) is 87.9 cm³/mol. The van der Waals surface area contributed by atoms with E-state index in [1.807, 2.05) is 0 Å². The molecule has 19 heavy (non-hydrogen) atoms. The number of allylic oxidation sites excluding steroid dienone is 1. The third-order valence-electron chi connectivity index (χ3n) is 3.34. The number of nitrogens with one attached hydrogen (secondary N) is 1. The van der Waals surface area contributed by atoms with Crippen LogP contribution in [0.2, 0.25) is 13.1 Å². The van der Waals surface area contributed by atoms with Gasteiger partial charge in [-0.3, -0.25) is 0 Å². The summed E-state index contributed by atoms with van der Waals surface area (Å²) in [6.45, 7) is 12.0. The van der Waals surface area contributed by atoms with Crippen molar-refractivity contribution in [1.82, 2.24) is 3.26 Å². The Kier molecular flexibility index (Phi) is 5.09. The van der Waals surface area contributed by atoms with Gasteiger partial charge in [-0.05, 0) is 0 Å². The minimum atomic E-state index is -1.63. The van der Waals surface area contributed by atoms with E-state index in [0.29, 0.717) is 3.63 Å². The van der Waals surface area contributed by atoms with Gasteiger partial charge in [-0.2, -0.15) is 0 Å². The summed E-state index contributed by atoms with van der Waals surface area (Å²) in [4.78, 5) is 0. The fourth-order valence-corrected chi connectivity index (χ4v) is 21.2. The Hall–Kier alpha value is 0.500. The first-order valence-electron chi connectivity index (χ1n) is 6.91. The molecule has 0 saturated carbocycles. The molecular formula is C15H23BrNSiZr. The van der Waals surface area contributed by atoms with Gasteiger partial charge in [-0.15, -0.1) is 0 Å². The molecule has 0 fully saturated rings. The van der Waals surface area contributed by atoms with Gasteiger partial charge in [-0.25, -0.2) is 0 Å². The van der Waals surface area contributed by atoms with Crippen LogP contribution in [0.5, 0.6) is 0 Å². The zero-order valence-electron chi connectivity index (χ0n) is 12.4. The maximum atomic E-state index is 4.05. The molecule has 0 bridgehead atoms. The van der Waals surface area contributed by atoms with Crippen LogP contribution in [0.4, 0.5) is 0 Å². The van der Waals surface area contributed by atoms with Crippen molar-refractivity contribution >= 4 is 26.3 Å².